The first kappa shape index (κ1) is 17.3. The number of hydrogen-bond acceptors (Lipinski definition) is 5. The molecule has 0 N–H and O–H groups in total. The highest BCUT2D eigenvalue weighted by Crippen LogP contribution is 2.27. The quantitative estimate of drug-likeness (QED) is 0.529. The van der Waals surface area contributed by atoms with Gasteiger partial charge in [0.1, 0.15) is 12.1 Å². The molecule has 1 aromatic carbocycles. The lowest BCUT2D eigenvalue weighted by atomic mass is 9.98. The van der Waals surface area contributed by atoms with Crippen LogP contribution in [0, 0.1) is 6.92 Å². The highest BCUT2D eigenvalue weighted by Gasteiger charge is 2.12. The van der Waals surface area contributed by atoms with Gasteiger partial charge in [-0.05, 0) is 54.0 Å². The summed E-state index contributed by atoms with van der Waals surface area (Å²) >= 11 is 0. The number of hydrogen-bond donors (Lipinski definition) is 0. The number of benzene rings is 1. The molecule has 0 saturated heterocycles. The van der Waals surface area contributed by atoms with E-state index >= 15 is 0 Å². The topological polar surface area (TPSA) is 65.7 Å². The maximum absolute atomic E-state index is 5.30. The molecule has 6 heteroatoms. The minimum Gasteiger partial charge on any atom is -0.497 e. The fraction of sp³-hybridized carbons (Fsp3) is 0.130. The van der Waals surface area contributed by atoms with E-state index in [0.29, 0.717) is 5.65 Å². The molecule has 5 rings (SSSR count). The standard InChI is InChI=1S/C23H19N5O/c1-15-10-18(29-2)6-7-19(15)21-12-25-22-23(27-21)28(14-26-22)13-16-5-8-20-17(11-16)4-3-9-24-20/h3-10,12-14H,11H2,1-2H3. The lowest BCUT2D eigenvalue weighted by molar-refractivity contribution is 0.414. The zero-order valence-corrected chi connectivity index (χ0v) is 16.2. The van der Waals surface area contributed by atoms with Gasteiger partial charge in [-0.15, -0.1) is 0 Å². The molecule has 0 aliphatic heterocycles. The van der Waals surface area contributed by atoms with Gasteiger partial charge in [0.2, 0.25) is 0 Å². The Balaban J connectivity index is 1.54. The first-order chi connectivity index (χ1) is 14.2. The van der Waals surface area contributed by atoms with Crippen LogP contribution >= 0.6 is 0 Å². The molecule has 6 nitrogen and oxygen atoms in total. The second-order valence-corrected chi connectivity index (χ2v) is 7.00. The maximum atomic E-state index is 5.30. The van der Waals surface area contributed by atoms with Crippen molar-refractivity contribution in [3.05, 3.63) is 77.5 Å². The van der Waals surface area contributed by atoms with Gasteiger partial charge in [-0.25, -0.2) is 15.0 Å². The number of ether oxygens (including phenoxy) is 1. The number of allylic oxidation sites excluding steroid dienone is 2. The number of imidazole rings is 1. The van der Waals surface area contributed by atoms with E-state index in [1.165, 1.54) is 5.56 Å². The van der Waals surface area contributed by atoms with E-state index in [1.807, 2.05) is 48.0 Å². The average molecular weight is 381 g/mol. The van der Waals surface area contributed by atoms with Gasteiger partial charge in [-0.3, -0.25) is 9.55 Å². The van der Waals surface area contributed by atoms with Crippen LogP contribution in [0.1, 0.15) is 16.8 Å². The Hall–Kier alpha value is -3.80. The lowest BCUT2D eigenvalue weighted by Crippen LogP contribution is -2.01. The van der Waals surface area contributed by atoms with E-state index in [4.69, 9.17) is 9.72 Å². The first-order valence-electron chi connectivity index (χ1n) is 9.38. The van der Waals surface area contributed by atoms with Crippen molar-refractivity contribution < 1.29 is 4.74 Å². The van der Waals surface area contributed by atoms with E-state index in [-0.39, 0.29) is 0 Å². The molecule has 0 bridgehead atoms. The third-order valence-corrected chi connectivity index (χ3v) is 5.07. The van der Waals surface area contributed by atoms with E-state index in [0.717, 1.165) is 45.9 Å². The summed E-state index contributed by atoms with van der Waals surface area (Å²) in [6.45, 7) is 2.04. The summed E-state index contributed by atoms with van der Waals surface area (Å²) in [5, 5.41) is 0. The van der Waals surface area contributed by atoms with Crippen molar-refractivity contribution in [2.75, 3.05) is 7.11 Å². The molecule has 1 aliphatic rings. The van der Waals surface area contributed by atoms with Crippen LogP contribution in [0.15, 0.2) is 60.7 Å². The predicted molar refractivity (Wildman–Crippen MR) is 113 cm³/mol. The summed E-state index contributed by atoms with van der Waals surface area (Å²) in [6.07, 6.45) is 12.4. The smallest absolute Gasteiger partial charge is 0.197 e. The van der Waals surface area contributed by atoms with Gasteiger partial charge in [0.05, 0.1) is 24.7 Å². The molecule has 142 valence electrons. The molecule has 0 amide bonds. The van der Waals surface area contributed by atoms with Crippen LogP contribution in [-0.4, -0.2) is 31.6 Å². The highest BCUT2D eigenvalue weighted by molar-refractivity contribution is 5.75. The molecule has 3 aromatic heterocycles. The van der Waals surface area contributed by atoms with Crippen molar-refractivity contribution in [3.63, 3.8) is 0 Å². The number of aryl methyl sites for hydroxylation is 1. The van der Waals surface area contributed by atoms with Crippen molar-refractivity contribution in [3.8, 4) is 17.0 Å². The van der Waals surface area contributed by atoms with Crippen molar-refractivity contribution in [2.24, 2.45) is 0 Å². The van der Waals surface area contributed by atoms with E-state index in [1.54, 1.807) is 19.6 Å². The normalized spacial score (nSPS) is 14.3. The number of fused-ring (bicyclic) bond motifs is 2. The fourth-order valence-electron chi connectivity index (χ4n) is 3.57. The zero-order chi connectivity index (χ0) is 19.8. The van der Waals surface area contributed by atoms with Gasteiger partial charge in [0.15, 0.2) is 11.3 Å². The van der Waals surface area contributed by atoms with E-state index in [9.17, 15) is 0 Å². The summed E-state index contributed by atoms with van der Waals surface area (Å²) in [5.74, 6) is 0.828. The lowest BCUT2D eigenvalue weighted by Gasteiger charge is -2.12. The molecule has 0 unspecified atom stereocenters. The molecule has 29 heavy (non-hydrogen) atoms. The highest BCUT2D eigenvalue weighted by atomic mass is 16.5. The number of aromatic nitrogens is 5. The van der Waals surface area contributed by atoms with Crippen LogP contribution in [0.25, 0.3) is 34.8 Å². The van der Waals surface area contributed by atoms with Gasteiger partial charge in [0, 0.05) is 24.4 Å². The molecule has 1 aliphatic carbocycles. The zero-order valence-electron chi connectivity index (χ0n) is 16.2. The van der Waals surface area contributed by atoms with Crippen LogP contribution in [-0.2, 0) is 6.42 Å². The second kappa shape index (κ2) is 6.98. The van der Waals surface area contributed by atoms with Crippen molar-refractivity contribution in [1.82, 2.24) is 24.5 Å². The van der Waals surface area contributed by atoms with Crippen LogP contribution in [0.5, 0.6) is 5.75 Å². The van der Waals surface area contributed by atoms with Crippen molar-refractivity contribution in [1.29, 1.82) is 0 Å². The molecule has 0 spiro atoms. The third kappa shape index (κ3) is 3.18. The summed E-state index contributed by atoms with van der Waals surface area (Å²) in [6, 6.07) is 10.0. The largest absolute Gasteiger partial charge is 0.497 e. The predicted octanol–water partition coefficient (Wildman–Crippen LogP) is 4.32. The van der Waals surface area contributed by atoms with Gasteiger partial charge in [-0.1, -0.05) is 12.1 Å². The molecule has 0 saturated carbocycles. The molecule has 0 atom stereocenters. The van der Waals surface area contributed by atoms with Crippen molar-refractivity contribution >= 4 is 23.6 Å². The summed E-state index contributed by atoms with van der Waals surface area (Å²) in [5.41, 5.74) is 7.68. The van der Waals surface area contributed by atoms with Crippen LogP contribution in [0.2, 0.25) is 0 Å². The third-order valence-electron chi connectivity index (χ3n) is 5.07. The first-order valence-corrected chi connectivity index (χ1v) is 9.38. The average Bonchev–Trinajstić information content (AvgIpc) is 3.15. The van der Waals surface area contributed by atoms with Crippen LogP contribution < -0.4 is 4.74 Å². The Labute approximate surface area is 168 Å². The number of nitrogens with zero attached hydrogens (tertiary/aromatic N) is 5. The molecule has 4 aromatic rings. The number of pyridine rings is 1. The SMILES string of the molecule is COc1ccc(-c2cnc3ncn(C=C4C=Cc5ncccc5C4)c3n2)c(C)c1. The van der Waals surface area contributed by atoms with Gasteiger partial charge >= 0.3 is 0 Å². The summed E-state index contributed by atoms with van der Waals surface area (Å²) in [4.78, 5) is 18.2. The van der Waals surface area contributed by atoms with E-state index in [2.05, 4.69) is 33.3 Å². The van der Waals surface area contributed by atoms with Crippen molar-refractivity contribution in [2.45, 2.75) is 13.3 Å². The minimum atomic E-state index is 0.624. The second-order valence-electron chi connectivity index (χ2n) is 7.00. The molecular formula is C23H19N5O. The number of methoxy groups -OCH3 is 1. The maximum Gasteiger partial charge on any atom is 0.197 e. The summed E-state index contributed by atoms with van der Waals surface area (Å²) in [7, 11) is 1.67. The molecule has 0 radical (unpaired) electrons. The molecule has 3 heterocycles. The van der Waals surface area contributed by atoms with Gasteiger partial charge in [0.25, 0.3) is 0 Å². The van der Waals surface area contributed by atoms with Crippen LogP contribution in [0.3, 0.4) is 0 Å². The Morgan fingerprint density at radius 2 is 2.03 bits per heavy atom. The summed E-state index contributed by atoms with van der Waals surface area (Å²) < 4.78 is 7.24. The minimum absolute atomic E-state index is 0.624. The van der Waals surface area contributed by atoms with E-state index < -0.39 is 0 Å². The molecular weight excluding hydrogens is 362 g/mol. The Morgan fingerprint density at radius 3 is 2.90 bits per heavy atom. The molecule has 0 fully saturated rings. The van der Waals surface area contributed by atoms with Crippen LogP contribution in [0.4, 0.5) is 0 Å². The Morgan fingerprint density at radius 1 is 1.10 bits per heavy atom. The number of rotatable bonds is 3. The Kier molecular flexibility index (Phi) is 4.17. The Bertz CT molecular complexity index is 1290. The van der Waals surface area contributed by atoms with Gasteiger partial charge in [-0.2, -0.15) is 0 Å². The monoisotopic (exact) mass is 381 g/mol. The fourth-order valence-corrected chi connectivity index (χ4v) is 3.57. The van der Waals surface area contributed by atoms with Gasteiger partial charge < -0.3 is 4.74 Å².